The zero-order valence-electron chi connectivity index (χ0n) is 22.4. The Morgan fingerprint density at radius 2 is 1.83 bits per heavy atom. The van der Waals surface area contributed by atoms with Crippen LogP contribution in [0.4, 0.5) is 4.39 Å². The zero-order valence-corrected chi connectivity index (χ0v) is 22.4. The van der Waals surface area contributed by atoms with Gasteiger partial charge in [-0.1, -0.05) is 38.1 Å². The average Bonchev–Trinajstić information content (AvgIpc) is 2.89. The SMILES string of the molecule is COc1cc(CN2CCN(C3CCC34CCNCC4)C(c3ccccc3C(C)C)C2)cc(F)c1OC. The standard InChI is InChI=1S/C30H42FN3O2/c1-21(2)23-7-5-6-8-24(23)26-20-33(19-22-17-25(31)29(36-4)27(18-22)35-3)15-16-34(26)28-9-10-30(28)11-13-32-14-12-30/h5-8,17-18,21,26,28,32H,9-16,19-20H2,1-4H3. The lowest BCUT2D eigenvalue weighted by atomic mass is 9.58. The van der Waals surface area contributed by atoms with Crippen molar-refractivity contribution in [3.63, 3.8) is 0 Å². The summed E-state index contributed by atoms with van der Waals surface area (Å²) in [5.74, 6) is 0.740. The molecule has 2 aromatic rings. The molecule has 6 heteroatoms. The van der Waals surface area contributed by atoms with Crippen LogP contribution >= 0.6 is 0 Å². The number of nitrogens with zero attached hydrogens (tertiary/aromatic N) is 2. The number of methoxy groups -OCH3 is 2. The second kappa shape index (κ2) is 10.7. The first-order valence-corrected chi connectivity index (χ1v) is 13.6. The van der Waals surface area contributed by atoms with E-state index in [1.807, 2.05) is 6.07 Å². The minimum Gasteiger partial charge on any atom is -0.493 e. The third-order valence-electron chi connectivity index (χ3n) is 9.00. The van der Waals surface area contributed by atoms with Crippen molar-refractivity contribution in [1.82, 2.24) is 15.1 Å². The summed E-state index contributed by atoms with van der Waals surface area (Å²) < 4.78 is 25.4. The molecule has 2 atom stereocenters. The van der Waals surface area contributed by atoms with E-state index in [0.29, 0.717) is 35.7 Å². The highest BCUT2D eigenvalue weighted by atomic mass is 19.1. The summed E-state index contributed by atoms with van der Waals surface area (Å²) in [7, 11) is 3.04. The van der Waals surface area contributed by atoms with Crippen LogP contribution in [-0.2, 0) is 6.54 Å². The molecular weight excluding hydrogens is 453 g/mol. The fourth-order valence-electron chi connectivity index (χ4n) is 7.02. The number of halogens is 1. The Balaban J connectivity index is 1.43. The molecule has 3 fully saturated rings. The lowest BCUT2D eigenvalue weighted by Crippen LogP contribution is -2.63. The van der Waals surface area contributed by atoms with Crippen molar-refractivity contribution in [2.75, 3.05) is 46.9 Å². The molecule has 2 heterocycles. The number of hydrogen-bond acceptors (Lipinski definition) is 5. The van der Waals surface area contributed by atoms with Crippen molar-refractivity contribution in [3.8, 4) is 11.5 Å². The Labute approximate surface area is 216 Å². The molecule has 1 N–H and O–H groups in total. The van der Waals surface area contributed by atoms with E-state index in [9.17, 15) is 4.39 Å². The van der Waals surface area contributed by atoms with E-state index < -0.39 is 0 Å². The maximum atomic E-state index is 14.7. The summed E-state index contributed by atoms with van der Waals surface area (Å²) in [6.07, 6.45) is 5.26. The van der Waals surface area contributed by atoms with Crippen molar-refractivity contribution in [2.45, 2.75) is 64.1 Å². The van der Waals surface area contributed by atoms with Crippen LogP contribution in [0.5, 0.6) is 11.5 Å². The van der Waals surface area contributed by atoms with E-state index in [1.54, 1.807) is 13.2 Å². The number of piperidine rings is 1. The molecule has 0 aromatic heterocycles. The normalized spacial score (nSPS) is 24.6. The van der Waals surface area contributed by atoms with Gasteiger partial charge in [0.15, 0.2) is 17.3 Å². The van der Waals surface area contributed by atoms with Crippen LogP contribution in [0.1, 0.15) is 68.2 Å². The van der Waals surface area contributed by atoms with Crippen molar-refractivity contribution in [1.29, 1.82) is 0 Å². The number of piperazine rings is 1. The molecular formula is C30H42FN3O2. The molecule has 3 aliphatic rings. The molecule has 2 aliphatic heterocycles. The Morgan fingerprint density at radius 1 is 1.06 bits per heavy atom. The molecule has 0 bridgehead atoms. The number of benzene rings is 2. The van der Waals surface area contributed by atoms with Gasteiger partial charge in [-0.05, 0) is 78.9 Å². The molecule has 5 nitrogen and oxygen atoms in total. The number of rotatable bonds is 7. The van der Waals surface area contributed by atoms with Gasteiger partial charge < -0.3 is 14.8 Å². The van der Waals surface area contributed by atoms with Gasteiger partial charge in [-0.25, -0.2) is 4.39 Å². The Hall–Kier alpha value is -2.15. The monoisotopic (exact) mass is 495 g/mol. The Kier molecular flexibility index (Phi) is 7.57. The summed E-state index contributed by atoms with van der Waals surface area (Å²) in [6.45, 7) is 10.6. The van der Waals surface area contributed by atoms with Gasteiger partial charge >= 0.3 is 0 Å². The molecule has 0 radical (unpaired) electrons. The Bertz CT molecular complexity index is 1050. The van der Waals surface area contributed by atoms with Crippen LogP contribution in [0.15, 0.2) is 36.4 Å². The summed E-state index contributed by atoms with van der Waals surface area (Å²) >= 11 is 0. The van der Waals surface area contributed by atoms with Gasteiger partial charge in [0.1, 0.15) is 0 Å². The van der Waals surface area contributed by atoms with Crippen LogP contribution in [0, 0.1) is 11.2 Å². The predicted molar refractivity (Wildman–Crippen MR) is 142 cm³/mol. The molecule has 1 saturated carbocycles. The zero-order chi connectivity index (χ0) is 25.3. The van der Waals surface area contributed by atoms with E-state index in [-0.39, 0.29) is 11.6 Å². The maximum absolute atomic E-state index is 14.7. The quantitative estimate of drug-likeness (QED) is 0.560. The van der Waals surface area contributed by atoms with Gasteiger partial charge in [-0.2, -0.15) is 0 Å². The maximum Gasteiger partial charge on any atom is 0.196 e. The molecule has 2 unspecified atom stereocenters. The third kappa shape index (κ3) is 4.75. The van der Waals surface area contributed by atoms with Gasteiger partial charge in [0.05, 0.1) is 14.2 Å². The predicted octanol–water partition coefficient (Wildman–Crippen LogP) is 5.36. The minimum absolute atomic E-state index is 0.173. The van der Waals surface area contributed by atoms with E-state index in [0.717, 1.165) is 38.3 Å². The van der Waals surface area contributed by atoms with Gasteiger partial charge in [-0.3, -0.25) is 9.80 Å². The molecule has 5 rings (SSSR count). The van der Waals surface area contributed by atoms with Gasteiger partial charge in [0.2, 0.25) is 0 Å². The van der Waals surface area contributed by atoms with Gasteiger partial charge in [0, 0.05) is 38.3 Å². The fourth-order valence-corrected chi connectivity index (χ4v) is 7.02. The average molecular weight is 496 g/mol. The van der Waals surface area contributed by atoms with Crippen LogP contribution < -0.4 is 14.8 Å². The highest BCUT2D eigenvalue weighted by Gasteiger charge is 2.51. The van der Waals surface area contributed by atoms with E-state index in [1.165, 1.54) is 43.9 Å². The molecule has 1 aliphatic carbocycles. The Morgan fingerprint density at radius 3 is 2.50 bits per heavy atom. The molecule has 0 amide bonds. The number of hydrogen-bond donors (Lipinski definition) is 1. The molecule has 2 aromatic carbocycles. The second-order valence-corrected chi connectivity index (χ2v) is 11.3. The second-order valence-electron chi connectivity index (χ2n) is 11.3. The highest BCUT2D eigenvalue weighted by molar-refractivity contribution is 5.44. The van der Waals surface area contributed by atoms with Crippen LogP contribution in [0.3, 0.4) is 0 Å². The number of ether oxygens (including phenoxy) is 2. The number of nitrogens with one attached hydrogen (secondary N) is 1. The van der Waals surface area contributed by atoms with Crippen LogP contribution in [-0.4, -0.2) is 62.8 Å². The smallest absolute Gasteiger partial charge is 0.196 e. The summed E-state index contributed by atoms with van der Waals surface area (Å²) in [5, 5.41) is 3.58. The first-order valence-electron chi connectivity index (χ1n) is 13.6. The fraction of sp³-hybridized carbons (Fsp3) is 0.600. The van der Waals surface area contributed by atoms with Crippen molar-refractivity contribution < 1.29 is 13.9 Å². The van der Waals surface area contributed by atoms with Crippen molar-refractivity contribution in [2.24, 2.45) is 5.41 Å². The molecule has 1 spiro atoms. The van der Waals surface area contributed by atoms with Crippen LogP contribution in [0.25, 0.3) is 0 Å². The third-order valence-corrected chi connectivity index (χ3v) is 9.00. The van der Waals surface area contributed by atoms with E-state index >= 15 is 0 Å². The summed E-state index contributed by atoms with van der Waals surface area (Å²) in [6, 6.07) is 13.5. The topological polar surface area (TPSA) is 37.0 Å². The lowest BCUT2D eigenvalue weighted by Gasteiger charge is -2.60. The summed E-state index contributed by atoms with van der Waals surface area (Å²) in [4.78, 5) is 5.34. The van der Waals surface area contributed by atoms with Gasteiger partial charge in [0.25, 0.3) is 0 Å². The van der Waals surface area contributed by atoms with E-state index in [4.69, 9.17) is 9.47 Å². The van der Waals surface area contributed by atoms with Crippen molar-refractivity contribution >= 4 is 0 Å². The summed E-state index contributed by atoms with van der Waals surface area (Å²) in [5.41, 5.74) is 4.31. The molecule has 196 valence electrons. The van der Waals surface area contributed by atoms with E-state index in [2.05, 4.69) is 53.2 Å². The highest BCUT2D eigenvalue weighted by Crippen LogP contribution is 2.53. The van der Waals surface area contributed by atoms with Crippen LogP contribution in [0.2, 0.25) is 0 Å². The first-order chi connectivity index (χ1) is 17.5. The molecule has 36 heavy (non-hydrogen) atoms. The lowest BCUT2D eigenvalue weighted by molar-refractivity contribution is -0.0905. The minimum atomic E-state index is -0.366. The largest absolute Gasteiger partial charge is 0.493 e. The van der Waals surface area contributed by atoms with Gasteiger partial charge in [-0.15, -0.1) is 0 Å². The first kappa shape index (κ1) is 25.5. The molecule has 2 saturated heterocycles. The van der Waals surface area contributed by atoms with Crippen molar-refractivity contribution in [3.05, 3.63) is 58.9 Å².